The van der Waals surface area contributed by atoms with Gasteiger partial charge in [0.05, 0.1) is 11.2 Å². The highest BCUT2D eigenvalue weighted by Gasteiger charge is 2.36. The summed E-state index contributed by atoms with van der Waals surface area (Å²) >= 11 is 0. The highest BCUT2D eigenvalue weighted by atomic mass is 16.5. The zero-order valence-electron chi connectivity index (χ0n) is 17.8. The SMILES string of the molecule is CC(C)(O)C(C)(C)OBc1cc2ccc3ccccc3c2c2oc3ccccc3c12. The van der Waals surface area contributed by atoms with Gasteiger partial charge in [-0.2, -0.15) is 0 Å². The minimum absolute atomic E-state index is 0.389. The zero-order valence-corrected chi connectivity index (χ0v) is 17.8. The van der Waals surface area contributed by atoms with Crippen LogP contribution in [0, 0.1) is 0 Å². The molecule has 0 aliphatic heterocycles. The van der Waals surface area contributed by atoms with E-state index in [0.29, 0.717) is 7.48 Å². The second-order valence-corrected chi connectivity index (χ2v) is 9.08. The average molecular weight is 396 g/mol. The minimum Gasteiger partial charge on any atom is -0.455 e. The molecule has 0 aliphatic rings. The van der Waals surface area contributed by atoms with Gasteiger partial charge < -0.3 is 14.2 Å². The Hall–Kier alpha value is -2.82. The fraction of sp³-hybridized carbons (Fsp3) is 0.231. The summed E-state index contributed by atoms with van der Waals surface area (Å²) in [4.78, 5) is 0. The summed E-state index contributed by atoms with van der Waals surface area (Å²) in [6, 6.07) is 23.1. The van der Waals surface area contributed by atoms with Crippen molar-refractivity contribution < 1.29 is 14.2 Å². The summed E-state index contributed by atoms with van der Waals surface area (Å²) in [6.45, 7) is 7.41. The number of hydrogen-bond acceptors (Lipinski definition) is 3. The summed E-state index contributed by atoms with van der Waals surface area (Å²) in [7, 11) is 0.389. The number of hydrogen-bond donors (Lipinski definition) is 1. The zero-order chi connectivity index (χ0) is 21.1. The van der Waals surface area contributed by atoms with Crippen LogP contribution < -0.4 is 5.46 Å². The van der Waals surface area contributed by atoms with E-state index in [1.807, 2.05) is 32.0 Å². The number of benzene rings is 4. The summed E-state index contributed by atoms with van der Waals surface area (Å²) < 4.78 is 12.7. The van der Waals surface area contributed by atoms with Crippen LogP contribution >= 0.6 is 0 Å². The van der Waals surface area contributed by atoms with Crippen molar-refractivity contribution in [3.05, 3.63) is 66.7 Å². The summed E-state index contributed by atoms with van der Waals surface area (Å²) in [5, 5.41) is 17.3. The van der Waals surface area contributed by atoms with E-state index < -0.39 is 11.2 Å². The highest BCUT2D eigenvalue weighted by molar-refractivity contribution is 6.54. The molecule has 5 rings (SSSR count). The first kappa shape index (κ1) is 19.2. The van der Waals surface area contributed by atoms with Crippen LogP contribution in [-0.2, 0) is 4.65 Å². The second kappa shape index (κ2) is 6.59. The van der Waals surface area contributed by atoms with Gasteiger partial charge in [-0.25, -0.2) is 0 Å². The highest BCUT2D eigenvalue weighted by Crippen LogP contribution is 2.36. The van der Waals surface area contributed by atoms with Crippen LogP contribution in [0.25, 0.3) is 43.5 Å². The molecule has 0 amide bonds. The van der Waals surface area contributed by atoms with Gasteiger partial charge in [0.1, 0.15) is 11.2 Å². The Labute approximate surface area is 176 Å². The third-order valence-electron chi connectivity index (χ3n) is 6.50. The molecule has 4 aromatic carbocycles. The van der Waals surface area contributed by atoms with Gasteiger partial charge in [0.15, 0.2) is 0 Å². The molecule has 0 radical (unpaired) electrons. The molecule has 0 unspecified atom stereocenters. The fourth-order valence-electron chi connectivity index (χ4n) is 4.01. The van der Waals surface area contributed by atoms with Crippen molar-refractivity contribution in [3.8, 4) is 0 Å². The van der Waals surface area contributed by atoms with Crippen molar-refractivity contribution in [2.45, 2.75) is 38.9 Å². The third kappa shape index (κ3) is 2.91. The Balaban J connectivity index is 1.81. The van der Waals surface area contributed by atoms with Gasteiger partial charge in [0, 0.05) is 16.2 Å². The monoisotopic (exact) mass is 396 g/mol. The van der Waals surface area contributed by atoms with E-state index >= 15 is 0 Å². The first-order valence-corrected chi connectivity index (χ1v) is 10.4. The average Bonchev–Trinajstić information content (AvgIpc) is 3.10. The molecule has 1 aromatic heterocycles. The fourth-order valence-corrected chi connectivity index (χ4v) is 4.01. The van der Waals surface area contributed by atoms with Crippen molar-refractivity contribution in [1.29, 1.82) is 0 Å². The maximum atomic E-state index is 10.5. The van der Waals surface area contributed by atoms with E-state index in [0.717, 1.165) is 38.2 Å². The molecule has 0 aliphatic carbocycles. The minimum atomic E-state index is -0.961. The lowest BCUT2D eigenvalue weighted by molar-refractivity contribution is -0.0893. The Morgan fingerprint density at radius 1 is 0.800 bits per heavy atom. The van der Waals surface area contributed by atoms with Gasteiger partial charge in [-0.1, -0.05) is 60.7 Å². The molecule has 1 N–H and O–H groups in total. The van der Waals surface area contributed by atoms with E-state index in [1.165, 1.54) is 10.8 Å². The van der Waals surface area contributed by atoms with Crippen LogP contribution in [0.3, 0.4) is 0 Å². The molecule has 30 heavy (non-hydrogen) atoms. The quantitative estimate of drug-likeness (QED) is 0.325. The van der Waals surface area contributed by atoms with Crippen LogP contribution in [0.5, 0.6) is 0 Å². The normalized spacial score (nSPS) is 13.0. The van der Waals surface area contributed by atoms with Crippen molar-refractivity contribution >= 4 is 56.4 Å². The van der Waals surface area contributed by atoms with Crippen molar-refractivity contribution in [3.63, 3.8) is 0 Å². The molecule has 0 spiro atoms. The third-order valence-corrected chi connectivity index (χ3v) is 6.50. The second-order valence-electron chi connectivity index (χ2n) is 9.08. The number of rotatable bonds is 4. The van der Waals surface area contributed by atoms with E-state index in [2.05, 4.69) is 48.5 Å². The number of para-hydroxylation sites is 1. The van der Waals surface area contributed by atoms with Gasteiger partial charge in [-0.3, -0.25) is 0 Å². The van der Waals surface area contributed by atoms with Crippen LogP contribution in [0.1, 0.15) is 27.7 Å². The van der Waals surface area contributed by atoms with Crippen LogP contribution in [0.4, 0.5) is 0 Å². The smallest absolute Gasteiger partial charge is 0.310 e. The van der Waals surface area contributed by atoms with Crippen molar-refractivity contribution in [1.82, 2.24) is 0 Å². The first-order chi connectivity index (χ1) is 14.3. The van der Waals surface area contributed by atoms with Gasteiger partial charge in [0.2, 0.25) is 0 Å². The Kier molecular flexibility index (Phi) is 4.21. The molecule has 3 nitrogen and oxygen atoms in total. The maximum absolute atomic E-state index is 10.5. The van der Waals surface area contributed by atoms with Gasteiger partial charge in [-0.05, 0) is 55.4 Å². The van der Waals surface area contributed by atoms with Gasteiger partial charge in [-0.15, -0.1) is 0 Å². The molecule has 0 saturated heterocycles. The van der Waals surface area contributed by atoms with E-state index in [-0.39, 0.29) is 0 Å². The largest absolute Gasteiger partial charge is 0.455 e. The lowest BCUT2D eigenvalue weighted by atomic mass is 9.79. The predicted molar refractivity (Wildman–Crippen MR) is 127 cm³/mol. The lowest BCUT2D eigenvalue weighted by Gasteiger charge is -2.37. The molecule has 5 aromatic rings. The standard InChI is InChI=1S/C26H25BO3/c1-25(2,28)26(3,4)30-27-20-15-17-14-13-16-9-5-6-10-18(16)22(17)24-23(20)19-11-7-8-12-21(19)29-24/h5-15,27-28H,1-4H3. The van der Waals surface area contributed by atoms with E-state index in [4.69, 9.17) is 9.07 Å². The van der Waals surface area contributed by atoms with E-state index in [1.54, 1.807) is 13.8 Å². The summed E-state index contributed by atoms with van der Waals surface area (Å²) in [6.07, 6.45) is 0. The predicted octanol–water partition coefficient (Wildman–Crippen LogP) is 5.44. The molecule has 0 atom stereocenters. The topological polar surface area (TPSA) is 42.6 Å². The number of fused-ring (bicyclic) bond motifs is 7. The number of aliphatic hydroxyl groups is 1. The summed E-state index contributed by atoms with van der Waals surface area (Å²) in [5.41, 5.74) is 1.17. The van der Waals surface area contributed by atoms with Crippen LogP contribution in [0.2, 0.25) is 0 Å². The Morgan fingerprint density at radius 2 is 1.47 bits per heavy atom. The van der Waals surface area contributed by atoms with Gasteiger partial charge in [0.25, 0.3) is 0 Å². The molecule has 0 fully saturated rings. The van der Waals surface area contributed by atoms with Gasteiger partial charge >= 0.3 is 7.48 Å². The molecule has 4 heteroatoms. The van der Waals surface area contributed by atoms with Crippen molar-refractivity contribution in [2.24, 2.45) is 0 Å². The molecule has 0 bridgehead atoms. The molecule has 1 heterocycles. The van der Waals surface area contributed by atoms with Crippen LogP contribution in [0.15, 0.2) is 71.1 Å². The maximum Gasteiger partial charge on any atom is 0.310 e. The Morgan fingerprint density at radius 3 is 2.23 bits per heavy atom. The first-order valence-electron chi connectivity index (χ1n) is 10.4. The number of furan rings is 1. The lowest BCUT2D eigenvalue weighted by Crippen LogP contribution is -2.49. The Bertz CT molecular complexity index is 1410. The molecule has 150 valence electrons. The van der Waals surface area contributed by atoms with Crippen molar-refractivity contribution in [2.75, 3.05) is 0 Å². The van der Waals surface area contributed by atoms with E-state index in [9.17, 15) is 5.11 Å². The molecular weight excluding hydrogens is 371 g/mol. The summed E-state index contributed by atoms with van der Waals surface area (Å²) in [5.74, 6) is 0. The van der Waals surface area contributed by atoms with Crippen LogP contribution in [-0.4, -0.2) is 23.8 Å². The molecule has 0 saturated carbocycles. The molecular formula is C26H25BO3.